The summed E-state index contributed by atoms with van der Waals surface area (Å²) in [6.07, 6.45) is 3.49. The molecule has 1 aliphatic heterocycles. The SMILES string of the molecule is CCOCC1CCCN1C(=O)c1c[nH]c(=O)c2ccccc12. The summed E-state index contributed by atoms with van der Waals surface area (Å²) in [5, 5.41) is 1.26. The summed E-state index contributed by atoms with van der Waals surface area (Å²) < 4.78 is 5.49. The number of hydrogen-bond donors (Lipinski definition) is 1. The molecule has 1 aliphatic rings. The van der Waals surface area contributed by atoms with Gasteiger partial charge in [-0.25, -0.2) is 0 Å². The Kier molecular flexibility index (Phi) is 4.24. The first kappa shape index (κ1) is 14.8. The number of rotatable bonds is 4. The maximum Gasteiger partial charge on any atom is 0.256 e. The standard InChI is InChI=1S/C17H20N2O3/c1-2-22-11-12-6-5-9-19(12)17(21)15-10-18-16(20)14-8-4-3-7-13(14)15/h3-4,7-8,10,12H,2,5-6,9,11H2,1H3,(H,18,20). The molecule has 1 atom stereocenters. The van der Waals surface area contributed by atoms with E-state index >= 15 is 0 Å². The van der Waals surface area contributed by atoms with E-state index in [0.717, 1.165) is 19.4 Å². The van der Waals surface area contributed by atoms with Crippen LogP contribution in [0.2, 0.25) is 0 Å². The number of hydrogen-bond acceptors (Lipinski definition) is 3. The number of aromatic amines is 1. The van der Waals surface area contributed by atoms with Crippen LogP contribution in [0.1, 0.15) is 30.1 Å². The van der Waals surface area contributed by atoms with E-state index in [0.29, 0.717) is 29.5 Å². The van der Waals surface area contributed by atoms with Crippen LogP contribution < -0.4 is 5.56 Å². The Bertz CT molecular complexity index is 738. The third-order valence-corrected chi connectivity index (χ3v) is 4.19. The number of nitrogens with one attached hydrogen (secondary N) is 1. The molecule has 1 aromatic carbocycles. The second kappa shape index (κ2) is 6.32. The van der Waals surface area contributed by atoms with E-state index in [1.807, 2.05) is 24.0 Å². The molecule has 1 N–H and O–H groups in total. The second-order valence-electron chi connectivity index (χ2n) is 5.53. The molecule has 0 radical (unpaired) electrons. The Morgan fingerprint density at radius 3 is 2.91 bits per heavy atom. The Labute approximate surface area is 128 Å². The summed E-state index contributed by atoms with van der Waals surface area (Å²) in [6.45, 7) is 3.92. The highest BCUT2D eigenvalue weighted by molar-refractivity contribution is 6.06. The van der Waals surface area contributed by atoms with Crippen molar-refractivity contribution in [3.05, 3.63) is 46.4 Å². The largest absolute Gasteiger partial charge is 0.380 e. The van der Waals surface area contributed by atoms with Crippen LogP contribution in [0.15, 0.2) is 35.3 Å². The Balaban J connectivity index is 1.95. The Morgan fingerprint density at radius 1 is 1.36 bits per heavy atom. The van der Waals surface area contributed by atoms with Crippen LogP contribution in [0.4, 0.5) is 0 Å². The van der Waals surface area contributed by atoms with E-state index in [1.54, 1.807) is 12.1 Å². The van der Waals surface area contributed by atoms with Gasteiger partial charge in [-0.2, -0.15) is 0 Å². The molecule has 1 aromatic heterocycles. The topological polar surface area (TPSA) is 62.4 Å². The predicted octanol–water partition coefficient (Wildman–Crippen LogP) is 2.17. The van der Waals surface area contributed by atoms with E-state index in [1.165, 1.54) is 6.20 Å². The summed E-state index contributed by atoms with van der Waals surface area (Å²) in [5.41, 5.74) is 0.387. The van der Waals surface area contributed by atoms with Crippen molar-refractivity contribution in [2.24, 2.45) is 0 Å². The first-order valence-corrected chi connectivity index (χ1v) is 7.71. The molecule has 3 rings (SSSR count). The third-order valence-electron chi connectivity index (χ3n) is 4.19. The monoisotopic (exact) mass is 300 g/mol. The van der Waals surface area contributed by atoms with Gasteiger partial charge >= 0.3 is 0 Å². The predicted molar refractivity (Wildman–Crippen MR) is 85.1 cm³/mol. The summed E-state index contributed by atoms with van der Waals surface area (Å²) in [5.74, 6) is -0.0327. The van der Waals surface area contributed by atoms with E-state index < -0.39 is 0 Å². The minimum absolute atomic E-state index is 0.0327. The normalized spacial score (nSPS) is 18.0. The van der Waals surface area contributed by atoms with Gasteiger partial charge in [-0.3, -0.25) is 9.59 Å². The lowest BCUT2D eigenvalue weighted by molar-refractivity contribution is 0.0566. The van der Waals surface area contributed by atoms with Gasteiger partial charge in [-0.1, -0.05) is 18.2 Å². The van der Waals surface area contributed by atoms with E-state index in [2.05, 4.69) is 4.98 Å². The number of H-pyrrole nitrogens is 1. The number of amides is 1. The van der Waals surface area contributed by atoms with Gasteiger partial charge in [0.2, 0.25) is 0 Å². The van der Waals surface area contributed by atoms with Crippen LogP contribution in [0.3, 0.4) is 0 Å². The highest BCUT2D eigenvalue weighted by Crippen LogP contribution is 2.23. The van der Waals surface area contributed by atoms with E-state index in [-0.39, 0.29) is 17.5 Å². The van der Waals surface area contributed by atoms with E-state index in [9.17, 15) is 9.59 Å². The maximum atomic E-state index is 12.9. The minimum Gasteiger partial charge on any atom is -0.380 e. The first-order valence-electron chi connectivity index (χ1n) is 7.71. The van der Waals surface area contributed by atoms with Crippen molar-refractivity contribution in [3.63, 3.8) is 0 Å². The summed E-state index contributed by atoms with van der Waals surface area (Å²) in [6, 6.07) is 7.34. The molecule has 5 nitrogen and oxygen atoms in total. The molecule has 2 aromatic rings. The number of aromatic nitrogens is 1. The molecule has 116 valence electrons. The Morgan fingerprint density at radius 2 is 2.14 bits per heavy atom. The minimum atomic E-state index is -0.167. The number of benzene rings is 1. The lowest BCUT2D eigenvalue weighted by atomic mass is 10.1. The van der Waals surface area contributed by atoms with E-state index in [4.69, 9.17) is 4.74 Å². The summed E-state index contributed by atoms with van der Waals surface area (Å²) in [4.78, 5) is 29.3. The van der Waals surface area contributed by atoms with Crippen LogP contribution in [0, 0.1) is 0 Å². The molecule has 22 heavy (non-hydrogen) atoms. The summed E-state index contributed by atoms with van der Waals surface area (Å²) >= 11 is 0. The molecule has 0 aliphatic carbocycles. The van der Waals surface area contributed by atoms with Crippen LogP contribution in [0.5, 0.6) is 0 Å². The third kappa shape index (κ3) is 2.64. The zero-order chi connectivity index (χ0) is 15.5. The van der Waals surface area contributed by atoms with Crippen LogP contribution >= 0.6 is 0 Å². The molecule has 0 spiro atoms. The average Bonchev–Trinajstić information content (AvgIpc) is 3.01. The molecule has 1 saturated heterocycles. The van der Waals surface area contributed by atoms with Crippen molar-refractivity contribution < 1.29 is 9.53 Å². The van der Waals surface area contributed by atoms with Crippen LogP contribution in [-0.4, -0.2) is 41.6 Å². The average molecular weight is 300 g/mol. The molecule has 1 fully saturated rings. The molecule has 0 bridgehead atoms. The number of carbonyl (C=O) groups excluding carboxylic acids is 1. The molecule has 1 amide bonds. The molecule has 1 unspecified atom stereocenters. The lowest BCUT2D eigenvalue weighted by Crippen LogP contribution is -2.38. The van der Waals surface area contributed by atoms with Crippen molar-refractivity contribution in [1.29, 1.82) is 0 Å². The zero-order valence-electron chi connectivity index (χ0n) is 12.7. The van der Waals surface area contributed by atoms with Crippen molar-refractivity contribution in [2.45, 2.75) is 25.8 Å². The number of fused-ring (bicyclic) bond motifs is 1. The fourth-order valence-corrected chi connectivity index (χ4v) is 3.07. The van der Waals surface area contributed by atoms with Crippen molar-refractivity contribution in [3.8, 4) is 0 Å². The first-order chi connectivity index (χ1) is 10.7. The molecular formula is C17H20N2O3. The highest BCUT2D eigenvalue weighted by Gasteiger charge is 2.30. The molecular weight excluding hydrogens is 280 g/mol. The quantitative estimate of drug-likeness (QED) is 0.941. The number of ether oxygens (including phenoxy) is 1. The number of nitrogens with zero attached hydrogens (tertiary/aromatic N) is 1. The maximum absolute atomic E-state index is 12.9. The lowest BCUT2D eigenvalue weighted by Gasteiger charge is -2.25. The number of likely N-dealkylation sites (tertiary alicyclic amines) is 1. The van der Waals surface area contributed by atoms with Gasteiger partial charge in [0, 0.05) is 30.1 Å². The van der Waals surface area contributed by atoms with Crippen molar-refractivity contribution in [1.82, 2.24) is 9.88 Å². The smallest absolute Gasteiger partial charge is 0.256 e. The van der Waals surface area contributed by atoms with Gasteiger partial charge in [0.15, 0.2) is 0 Å². The van der Waals surface area contributed by atoms with Crippen LogP contribution in [0.25, 0.3) is 10.8 Å². The number of carbonyl (C=O) groups is 1. The van der Waals surface area contributed by atoms with Crippen molar-refractivity contribution in [2.75, 3.05) is 19.8 Å². The van der Waals surface area contributed by atoms with Gasteiger partial charge in [0.1, 0.15) is 0 Å². The summed E-state index contributed by atoms with van der Waals surface area (Å²) in [7, 11) is 0. The van der Waals surface area contributed by atoms with Gasteiger partial charge in [-0.15, -0.1) is 0 Å². The van der Waals surface area contributed by atoms with Gasteiger partial charge in [-0.05, 0) is 25.8 Å². The van der Waals surface area contributed by atoms with Gasteiger partial charge in [0.25, 0.3) is 11.5 Å². The van der Waals surface area contributed by atoms with Gasteiger partial charge < -0.3 is 14.6 Å². The zero-order valence-corrected chi connectivity index (χ0v) is 12.7. The molecule has 5 heteroatoms. The Hall–Kier alpha value is -2.14. The highest BCUT2D eigenvalue weighted by atomic mass is 16.5. The second-order valence-corrected chi connectivity index (χ2v) is 5.53. The molecule has 2 heterocycles. The van der Waals surface area contributed by atoms with Gasteiger partial charge in [0.05, 0.1) is 18.2 Å². The fraction of sp³-hybridized carbons (Fsp3) is 0.412. The van der Waals surface area contributed by atoms with Crippen molar-refractivity contribution >= 4 is 16.7 Å². The molecule has 0 saturated carbocycles. The fourth-order valence-electron chi connectivity index (χ4n) is 3.07. The number of pyridine rings is 1. The van der Waals surface area contributed by atoms with Crippen LogP contribution in [-0.2, 0) is 4.74 Å².